The molecule has 0 saturated heterocycles. The Morgan fingerprint density at radius 3 is 2.26 bits per heavy atom. The first kappa shape index (κ1) is 21.9. The van der Waals surface area contributed by atoms with E-state index in [2.05, 4.69) is 0 Å². The molecule has 0 saturated carbocycles. The second kappa shape index (κ2) is 9.34. The van der Waals surface area contributed by atoms with Crippen LogP contribution in [0.1, 0.15) is 23.0 Å². The lowest BCUT2D eigenvalue weighted by molar-refractivity contribution is 0.0955. The number of methoxy groups -OCH3 is 3. The minimum atomic E-state index is -0.397. The zero-order valence-electron chi connectivity index (χ0n) is 18.1. The Kier molecular flexibility index (Phi) is 6.59. The third-order valence-corrected chi connectivity index (χ3v) is 4.78. The fourth-order valence-electron chi connectivity index (χ4n) is 3.10. The molecule has 8 nitrogen and oxygen atoms in total. The van der Waals surface area contributed by atoms with E-state index in [-0.39, 0.29) is 17.5 Å². The van der Waals surface area contributed by atoms with Crippen LogP contribution in [-0.4, -0.2) is 38.9 Å². The molecule has 0 fully saturated rings. The van der Waals surface area contributed by atoms with Gasteiger partial charge in [0.15, 0.2) is 5.76 Å². The van der Waals surface area contributed by atoms with E-state index in [0.29, 0.717) is 40.8 Å². The molecule has 0 aliphatic heterocycles. The van der Waals surface area contributed by atoms with E-state index in [1.807, 2.05) is 6.92 Å². The van der Waals surface area contributed by atoms with Crippen molar-refractivity contribution in [2.24, 2.45) is 0 Å². The highest BCUT2D eigenvalue weighted by molar-refractivity contribution is 6.06. The summed E-state index contributed by atoms with van der Waals surface area (Å²) in [5.74, 6) is 1.73. The van der Waals surface area contributed by atoms with Crippen molar-refractivity contribution in [1.29, 1.82) is 0 Å². The number of hydrogen-bond acceptors (Lipinski definition) is 7. The molecule has 164 valence electrons. The van der Waals surface area contributed by atoms with E-state index in [1.54, 1.807) is 43.3 Å². The van der Waals surface area contributed by atoms with Crippen molar-refractivity contribution < 1.29 is 33.3 Å². The monoisotopic (exact) mass is 427 g/mol. The zero-order chi connectivity index (χ0) is 22.5. The Morgan fingerprint density at radius 1 is 1.00 bits per heavy atom. The van der Waals surface area contributed by atoms with Crippen LogP contribution in [0.25, 0.3) is 0 Å². The maximum atomic E-state index is 13.2. The van der Waals surface area contributed by atoms with Gasteiger partial charge in [0.2, 0.25) is 0 Å². The van der Waals surface area contributed by atoms with Crippen LogP contribution >= 0.6 is 0 Å². The van der Waals surface area contributed by atoms with Crippen LogP contribution in [0.5, 0.6) is 34.7 Å². The van der Waals surface area contributed by atoms with Crippen molar-refractivity contribution in [1.82, 2.24) is 0 Å². The van der Waals surface area contributed by atoms with Crippen LogP contribution in [0.3, 0.4) is 0 Å². The molecule has 1 N–H and O–H groups in total. The molecule has 0 spiro atoms. The van der Waals surface area contributed by atoms with Gasteiger partial charge < -0.3 is 28.5 Å². The Balaban J connectivity index is 1.93. The van der Waals surface area contributed by atoms with E-state index < -0.39 is 5.91 Å². The van der Waals surface area contributed by atoms with Crippen LogP contribution in [0.2, 0.25) is 0 Å². The Bertz CT molecular complexity index is 1050. The van der Waals surface area contributed by atoms with Crippen LogP contribution in [0.15, 0.2) is 46.9 Å². The number of furan rings is 1. The van der Waals surface area contributed by atoms with Crippen molar-refractivity contribution in [3.63, 3.8) is 0 Å². The lowest BCUT2D eigenvalue weighted by atomic mass is 10.2. The Labute approximate surface area is 180 Å². The molecule has 0 aliphatic carbocycles. The summed E-state index contributed by atoms with van der Waals surface area (Å²) < 4.78 is 27.6. The van der Waals surface area contributed by atoms with E-state index in [4.69, 9.17) is 23.4 Å². The van der Waals surface area contributed by atoms with Gasteiger partial charge >= 0.3 is 0 Å². The average Bonchev–Trinajstić information content (AvgIpc) is 3.25. The molecule has 8 heteroatoms. The molecular weight excluding hydrogens is 402 g/mol. The summed E-state index contributed by atoms with van der Waals surface area (Å²) in [6.45, 7) is 3.89. The number of aromatic hydroxyl groups is 1. The first-order chi connectivity index (χ1) is 14.9. The molecule has 31 heavy (non-hydrogen) atoms. The largest absolute Gasteiger partial charge is 0.508 e. The molecule has 0 bridgehead atoms. The lowest BCUT2D eigenvalue weighted by Crippen LogP contribution is -2.31. The molecule has 3 aromatic rings. The highest BCUT2D eigenvalue weighted by Crippen LogP contribution is 2.42. The summed E-state index contributed by atoms with van der Waals surface area (Å²) >= 11 is 0. The summed E-state index contributed by atoms with van der Waals surface area (Å²) in [5.41, 5.74) is 1.02. The minimum Gasteiger partial charge on any atom is -0.508 e. The van der Waals surface area contributed by atoms with Gasteiger partial charge in [0.1, 0.15) is 34.4 Å². The van der Waals surface area contributed by atoms with Crippen molar-refractivity contribution in [2.45, 2.75) is 13.8 Å². The summed E-state index contributed by atoms with van der Waals surface area (Å²) in [4.78, 5) is 14.7. The molecule has 0 atom stereocenters. The predicted molar refractivity (Wildman–Crippen MR) is 115 cm³/mol. The second-order valence-corrected chi connectivity index (χ2v) is 6.55. The maximum absolute atomic E-state index is 13.2. The second-order valence-electron chi connectivity index (χ2n) is 6.55. The van der Waals surface area contributed by atoms with Crippen molar-refractivity contribution in [3.8, 4) is 34.7 Å². The number of carbonyl (C=O) groups is 1. The van der Waals surface area contributed by atoms with Gasteiger partial charge in [0, 0.05) is 30.3 Å². The van der Waals surface area contributed by atoms with E-state index in [1.165, 1.54) is 32.3 Å². The number of carbonyl (C=O) groups excluding carboxylic acids is 1. The Hall–Kier alpha value is -3.81. The molecular formula is C23H25NO7. The normalized spacial score (nSPS) is 10.5. The number of hydrogen-bond donors (Lipinski definition) is 1. The van der Waals surface area contributed by atoms with Crippen LogP contribution in [0.4, 0.5) is 5.69 Å². The topological polar surface area (TPSA) is 90.6 Å². The van der Waals surface area contributed by atoms with Gasteiger partial charge in [-0.05, 0) is 32.0 Å². The van der Waals surface area contributed by atoms with Gasteiger partial charge in [-0.2, -0.15) is 0 Å². The molecule has 1 aromatic heterocycles. The summed E-state index contributed by atoms with van der Waals surface area (Å²) in [6, 6.07) is 11.4. The van der Waals surface area contributed by atoms with Crippen LogP contribution < -0.4 is 23.8 Å². The first-order valence-corrected chi connectivity index (χ1v) is 9.61. The number of phenols is 1. The number of ether oxygens (including phenoxy) is 4. The Morgan fingerprint density at radius 2 is 1.68 bits per heavy atom. The molecule has 0 unspecified atom stereocenters. The van der Waals surface area contributed by atoms with Gasteiger partial charge in [-0.15, -0.1) is 0 Å². The SMILES string of the molecule is CCN(C(=O)c1ccc(Oc2cccc(O)c2C)o1)c1c(OC)cc(OC)cc1OC. The van der Waals surface area contributed by atoms with Gasteiger partial charge in [0.25, 0.3) is 11.9 Å². The molecule has 1 amide bonds. The zero-order valence-corrected chi connectivity index (χ0v) is 18.1. The standard InChI is InChI=1S/C23H25NO7/c1-6-24(22-19(28-4)12-15(27-3)13-20(22)29-5)23(26)18-10-11-21(31-18)30-17-9-7-8-16(25)14(17)2/h7-13,25H,6H2,1-5H3. The van der Waals surface area contributed by atoms with E-state index in [9.17, 15) is 9.90 Å². The number of nitrogens with zero attached hydrogens (tertiary/aromatic N) is 1. The average molecular weight is 427 g/mol. The molecule has 0 aliphatic rings. The fraction of sp³-hybridized carbons (Fsp3) is 0.261. The summed E-state index contributed by atoms with van der Waals surface area (Å²) in [6.07, 6.45) is 0. The first-order valence-electron chi connectivity index (χ1n) is 9.61. The lowest BCUT2D eigenvalue weighted by Gasteiger charge is -2.24. The van der Waals surface area contributed by atoms with Gasteiger partial charge in [-0.1, -0.05) is 6.07 Å². The van der Waals surface area contributed by atoms with Crippen LogP contribution in [0, 0.1) is 6.92 Å². The highest BCUT2D eigenvalue weighted by atomic mass is 16.6. The predicted octanol–water partition coefficient (Wildman–Crippen LogP) is 4.78. The third-order valence-electron chi connectivity index (χ3n) is 4.78. The fourth-order valence-corrected chi connectivity index (χ4v) is 3.10. The van der Waals surface area contributed by atoms with Crippen LogP contribution in [-0.2, 0) is 0 Å². The maximum Gasteiger partial charge on any atom is 0.294 e. The van der Waals surface area contributed by atoms with E-state index in [0.717, 1.165) is 0 Å². The van der Waals surface area contributed by atoms with Gasteiger partial charge in [-0.25, -0.2) is 0 Å². The molecule has 1 heterocycles. The van der Waals surface area contributed by atoms with E-state index >= 15 is 0 Å². The number of phenolic OH excluding ortho intramolecular Hbond substituents is 1. The number of benzene rings is 2. The smallest absolute Gasteiger partial charge is 0.294 e. The quantitative estimate of drug-likeness (QED) is 0.553. The molecule has 2 aromatic carbocycles. The van der Waals surface area contributed by atoms with Crippen molar-refractivity contribution in [2.75, 3.05) is 32.8 Å². The highest BCUT2D eigenvalue weighted by Gasteiger charge is 2.27. The van der Waals surface area contributed by atoms with Gasteiger partial charge in [-0.3, -0.25) is 9.69 Å². The van der Waals surface area contributed by atoms with Crippen molar-refractivity contribution >= 4 is 11.6 Å². The number of amides is 1. The summed E-state index contributed by atoms with van der Waals surface area (Å²) in [7, 11) is 4.55. The van der Waals surface area contributed by atoms with Crippen molar-refractivity contribution in [3.05, 3.63) is 53.8 Å². The number of anilines is 1. The third kappa shape index (κ3) is 4.37. The number of rotatable bonds is 8. The minimum absolute atomic E-state index is 0.0783. The summed E-state index contributed by atoms with van der Waals surface area (Å²) in [5, 5.41) is 9.83. The molecule has 3 rings (SSSR count). The molecule has 0 radical (unpaired) electrons. The van der Waals surface area contributed by atoms with Gasteiger partial charge in [0.05, 0.1) is 21.3 Å².